The SMILES string of the molecule is N=C1C(=C(O)c2ccccc2)C(c2ccccc2)C2=C(CCCC2=O)N1c1ccc(Br)cc1. The average Bonchev–Trinajstić information content (AvgIpc) is 2.85. The Morgan fingerprint density at radius 3 is 2.21 bits per heavy atom. The van der Waals surface area contributed by atoms with Crippen molar-refractivity contribution in [2.45, 2.75) is 25.2 Å². The van der Waals surface area contributed by atoms with Crippen LogP contribution in [0.3, 0.4) is 0 Å². The molecule has 33 heavy (non-hydrogen) atoms. The standard InChI is InChI=1S/C28H23BrN2O2/c29-20-14-16-21(17-15-20)31-22-12-7-13-23(32)25(22)24(18-8-3-1-4-9-18)26(28(31)30)27(33)19-10-5-2-6-11-19/h1-6,8-11,14-17,24,30,33H,7,12-13H2. The molecule has 2 N–H and O–H groups in total. The van der Waals surface area contributed by atoms with Crippen molar-refractivity contribution in [1.29, 1.82) is 5.41 Å². The van der Waals surface area contributed by atoms with Crippen LogP contribution in [0.2, 0.25) is 0 Å². The van der Waals surface area contributed by atoms with Gasteiger partial charge in [0.1, 0.15) is 11.6 Å². The van der Waals surface area contributed by atoms with E-state index >= 15 is 0 Å². The molecule has 5 rings (SSSR count). The van der Waals surface area contributed by atoms with E-state index in [4.69, 9.17) is 0 Å². The lowest BCUT2D eigenvalue weighted by atomic mass is 9.73. The molecule has 0 amide bonds. The van der Waals surface area contributed by atoms with Crippen molar-refractivity contribution in [3.8, 4) is 0 Å². The third-order valence-corrected chi connectivity index (χ3v) is 6.80. The Morgan fingerprint density at radius 2 is 1.55 bits per heavy atom. The minimum Gasteiger partial charge on any atom is -0.507 e. The smallest absolute Gasteiger partial charge is 0.161 e. The van der Waals surface area contributed by atoms with Crippen LogP contribution in [0.25, 0.3) is 5.76 Å². The van der Waals surface area contributed by atoms with Crippen LogP contribution >= 0.6 is 15.9 Å². The molecule has 164 valence electrons. The number of benzene rings is 3. The number of ketones is 1. The first kappa shape index (κ1) is 21.4. The number of allylic oxidation sites excluding steroid dienone is 2. The van der Waals surface area contributed by atoms with Gasteiger partial charge in [0.25, 0.3) is 0 Å². The zero-order chi connectivity index (χ0) is 22.9. The summed E-state index contributed by atoms with van der Waals surface area (Å²) in [6, 6.07) is 26.7. The summed E-state index contributed by atoms with van der Waals surface area (Å²) in [7, 11) is 0. The van der Waals surface area contributed by atoms with E-state index in [1.807, 2.05) is 89.8 Å². The van der Waals surface area contributed by atoms with E-state index in [1.54, 1.807) is 0 Å². The number of nitrogens with zero attached hydrogens (tertiary/aromatic N) is 1. The number of hydrogen-bond donors (Lipinski definition) is 2. The molecule has 0 bridgehead atoms. The predicted molar refractivity (Wildman–Crippen MR) is 135 cm³/mol. The van der Waals surface area contributed by atoms with Gasteiger partial charge < -0.3 is 5.11 Å². The summed E-state index contributed by atoms with van der Waals surface area (Å²) in [5.41, 5.74) is 4.32. The minimum atomic E-state index is -0.492. The normalized spacial score (nSPS) is 20.0. The van der Waals surface area contributed by atoms with Gasteiger partial charge in [-0.1, -0.05) is 76.6 Å². The fourth-order valence-electron chi connectivity index (χ4n) is 4.80. The Morgan fingerprint density at radius 1 is 0.909 bits per heavy atom. The molecular formula is C28H23BrN2O2. The highest BCUT2D eigenvalue weighted by molar-refractivity contribution is 9.10. The molecule has 3 aromatic rings. The first-order valence-electron chi connectivity index (χ1n) is 11.0. The molecule has 1 aliphatic carbocycles. The summed E-state index contributed by atoms with van der Waals surface area (Å²) in [6.07, 6.45) is 1.94. The van der Waals surface area contributed by atoms with Crippen LogP contribution in [-0.2, 0) is 4.79 Å². The highest BCUT2D eigenvalue weighted by Gasteiger charge is 2.43. The van der Waals surface area contributed by atoms with E-state index in [1.165, 1.54) is 0 Å². The number of halogens is 1. The fraction of sp³-hybridized carbons (Fsp3) is 0.143. The van der Waals surface area contributed by atoms with Gasteiger partial charge in [-0.2, -0.15) is 0 Å². The number of carbonyl (C=O) groups is 1. The van der Waals surface area contributed by atoms with Crippen molar-refractivity contribution < 1.29 is 9.90 Å². The summed E-state index contributed by atoms with van der Waals surface area (Å²) in [4.78, 5) is 15.2. The summed E-state index contributed by atoms with van der Waals surface area (Å²) < 4.78 is 0.939. The Balaban J connectivity index is 1.82. The molecule has 1 atom stereocenters. The van der Waals surface area contributed by atoms with E-state index in [-0.39, 0.29) is 17.4 Å². The Kier molecular flexibility index (Phi) is 5.73. The number of nitrogens with one attached hydrogen (secondary N) is 1. The second kappa shape index (κ2) is 8.83. The van der Waals surface area contributed by atoms with Crippen molar-refractivity contribution >= 4 is 39.0 Å². The topological polar surface area (TPSA) is 64.4 Å². The van der Waals surface area contributed by atoms with Gasteiger partial charge in [-0.25, -0.2) is 0 Å². The summed E-state index contributed by atoms with van der Waals surface area (Å²) in [5.74, 6) is -0.186. The van der Waals surface area contributed by atoms with Crippen molar-refractivity contribution in [1.82, 2.24) is 0 Å². The van der Waals surface area contributed by atoms with Crippen molar-refractivity contribution in [2.75, 3.05) is 4.90 Å². The molecule has 3 aromatic carbocycles. The number of anilines is 1. The molecule has 2 aliphatic rings. The summed E-state index contributed by atoms with van der Waals surface area (Å²) >= 11 is 3.48. The minimum absolute atomic E-state index is 0.0292. The van der Waals surface area contributed by atoms with E-state index in [0.29, 0.717) is 29.6 Å². The zero-order valence-corrected chi connectivity index (χ0v) is 19.5. The van der Waals surface area contributed by atoms with Crippen LogP contribution in [0.5, 0.6) is 0 Å². The number of Topliss-reactive ketones (excluding diaryl/α,β-unsaturated/α-hetero) is 1. The van der Waals surface area contributed by atoms with E-state index in [0.717, 1.165) is 27.8 Å². The number of amidine groups is 1. The Bertz CT molecular complexity index is 1280. The molecule has 0 saturated heterocycles. The molecule has 0 aromatic heterocycles. The van der Waals surface area contributed by atoms with Crippen molar-refractivity contribution in [3.63, 3.8) is 0 Å². The summed E-state index contributed by atoms with van der Waals surface area (Å²) in [6.45, 7) is 0. The molecule has 0 saturated carbocycles. The lowest BCUT2D eigenvalue weighted by molar-refractivity contribution is -0.116. The maximum Gasteiger partial charge on any atom is 0.161 e. The van der Waals surface area contributed by atoms with E-state index in [2.05, 4.69) is 15.9 Å². The average molecular weight is 499 g/mol. The summed E-state index contributed by atoms with van der Waals surface area (Å²) in [5, 5.41) is 20.8. The fourth-order valence-corrected chi connectivity index (χ4v) is 5.06. The highest BCUT2D eigenvalue weighted by Crippen LogP contribution is 2.47. The molecule has 1 heterocycles. The van der Waals surface area contributed by atoms with Gasteiger partial charge in [0.05, 0.1) is 0 Å². The highest BCUT2D eigenvalue weighted by atomic mass is 79.9. The Labute approximate surface area is 201 Å². The third-order valence-electron chi connectivity index (χ3n) is 6.27. The lowest BCUT2D eigenvalue weighted by Gasteiger charge is -2.41. The predicted octanol–water partition coefficient (Wildman–Crippen LogP) is 7.01. The molecule has 1 aliphatic heterocycles. The van der Waals surface area contributed by atoms with E-state index < -0.39 is 5.92 Å². The maximum absolute atomic E-state index is 13.4. The Hall–Kier alpha value is -3.44. The zero-order valence-electron chi connectivity index (χ0n) is 18.0. The third kappa shape index (κ3) is 3.83. The van der Waals surface area contributed by atoms with Crippen LogP contribution in [0.4, 0.5) is 5.69 Å². The van der Waals surface area contributed by atoms with Gasteiger partial charge in [-0.3, -0.25) is 15.1 Å². The molecule has 0 fully saturated rings. The van der Waals surface area contributed by atoms with Crippen LogP contribution in [0.1, 0.15) is 36.3 Å². The number of carbonyl (C=O) groups excluding carboxylic acids is 1. The van der Waals surface area contributed by atoms with E-state index in [9.17, 15) is 15.3 Å². The molecule has 0 spiro atoms. The van der Waals surface area contributed by atoms with Gasteiger partial charge in [-0.15, -0.1) is 0 Å². The van der Waals surface area contributed by atoms with Crippen LogP contribution in [-0.4, -0.2) is 16.7 Å². The molecule has 4 nitrogen and oxygen atoms in total. The van der Waals surface area contributed by atoms with Gasteiger partial charge in [0.2, 0.25) is 0 Å². The first-order valence-corrected chi connectivity index (χ1v) is 11.8. The molecule has 5 heteroatoms. The number of hydrogen-bond acceptors (Lipinski definition) is 3. The van der Waals surface area contributed by atoms with Gasteiger partial charge in [0, 0.05) is 44.9 Å². The van der Waals surface area contributed by atoms with Crippen LogP contribution < -0.4 is 4.90 Å². The first-order chi connectivity index (χ1) is 16.1. The number of rotatable bonds is 3. The number of aliphatic hydroxyl groups excluding tert-OH is 1. The van der Waals surface area contributed by atoms with Crippen molar-refractivity contribution in [3.05, 3.63) is 117 Å². The second-order valence-electron chi connectivity index (χ2n) is 8.27. The van der Waals surface area contributed by atoms with Crippen molar-refractivity contribution in [2.24, 2.45) is 0 Å². The second-order valence-corrected chi connectivity index (χ2v) is 9.19. The lowest BCUT2D eigenvalue weighted by Crippen LogP contribution is -2.42. The molecule has 0 radical (unpaired) electrons. The van der Waals surface area contributed by atoms with Gasteiger partial charge in [-0.05, 0) is 42.7 Å². The van der Waals surface area contributed by atoms with Crippen LogP contribution in [0.15, 0.2) is 106 Å². The molecular weight excluding hydrogens is 476 g/mol. The quantitative estimate of drug-likeness (QED) is 0.381. The largest absolute Gasteiger partial charge is 0.507 e. The van der Waals surface area contributed by atoms with Gasteiger partial charge >= 0.3 is 0 Å². The van der Waals surface area contributed by atoms with Gasteiger partial charge in [0.15, 0.2) is 5.78 Å². The molecule has 1 unspecified atom stereocenters. The monoisotopic (exact) mass is 498 g/mol. The van der Waals surface area contributed by atoms with Crippen LogP contribution in [0, 0.1) is 5.41 Å². The number of aliphatic hydroxyl groups is 1. The maximum atomic E-state index is 13.4.